The topological polar surface area (TPSA) is 24.9 Å². The van der Waals surface area contributed by atoms with Crippen LogP contribution >= 0.6 is 0 Å². The van der Waals surface area contributed by atoms with Crippen LogP contribution in [-0.4, -0.2) is 4.98 Å². The lowest BCUT2D eigenvalue weighted by molar-refractivity contribution is 1.08. The molecule has 2 aromatic rings. The van der Waals surface area contributed by atoms with Gasteiger partial charge in [0.1, 0.15) is 0 Å². The van der Waals surface area contributed by atoms with Crippen molar-refractivity contribution in [3.05, 3.63) is 59.9 Å². The van der Waals surface area contributed by atoms with E-state index in [1.807, 2.05) is 18.3 Å². The molecule has 1 aliphatic rings. The smallest absolute Gasteiger partial charge is 0.0529 e. The van der Waals surface area contributed by atoms with Gasteiger partial charge >= 0.3 is 0 Å². The van der Waals surface area contributed by atoms with Gasteiger partial charge in [0, 0.05) is 18.9 Å². The highest BCUT2D eigenvalue weighted by molar-refractivity contribution is 5.41. The van der Waals surface area contributed by atoms with E-state index in [1.54, 1.807) is 6.20 Å². The van der Waals surface area contributed by atoms with Crippen LogP contribution in [0.2, 0.25) is 0 Å². The van der Waals surface area contributed by atoms with E-state index in [1.165, 1.54) is 24.0 Å². The molecule has 1 heterocycles. The summed E-state index contributed by atoms with van der Waals surface area (Å²) in [6.07, 6.45) is 6.36. The number of hydrogen-bond acceptors (Lipinski definition) is 2. The minimum Gasteiger partial charge on any atom is -0.380 e. The second-order valence-electron chi connectivity index (χ2n) is 4.61. The van der Waals surface area contributed by atoms with E-state index in [-0.39, 0.29) is 0 Å². The minimum absolute atomic E-state index is 0.827. The van der Waals surface area contributed by atoms with Gasteiger partial charge < -0.3 is 5.32 Å². The average Bonchev–Trinajstić information content (AvgIpc) is 3.22. The van der Waals surface area contributed by atoms with Crippen molar-refractivity contribution in [2.45, 2.75) is 25.3 Å². The third-order valence-corrected chi connectivity index (χ3v) is 3.16. The molecule has 0 bridgehead atoms. The van der Waals surface area contributed by atoms with Gasteiger partial charge in [0.25, 0.3) is 0 Å². The number of hydrogen-bond donors (Lipinski definition) is 1. The molecule has 0 radical (unpaired) electrons. The molecular formula is C15H16N2. The first-order chi connectivity index (χ1) is 8.42. The van der Waals surface area contributed by atoms with E-state index >= 15 is 0 Å². The summed E-state index contributed by atoms with van der Waals surface area (Å²) in [5.74, 6) is 0.827. The molecule has 1 fully saturated rings. The molecule has 0 amide bonds. The van der Waals surface area contributed by atoms with Crippen LogP contribution in [0.3, 0.4) is 0 Å². The van der Waals surface area contributed by atoms with Crippen molar-refractivity contribution in [2.24, 2.45) is 0 Å². The Morgan fingerprint density at radius 1 is 1.18 bits per heavy atom. The fourth-order valence-corrected chi connectivity index (χ4v) is 2.05. The van der Waals surface area contributed by atoms with Crippen LogP contribution in [0.15, 0.2) is 48.8 Å². The first-order valence-corrected chi connectivity index (χ1v) is 6.14. The second-order valence-corrected chi connectivity index (χ2v) is 4.61. The molecule has 1 aliphatic carbocycles. The molecule has 1 saturated carbocycles. The predicted molar refractivity (Wildman–Crippen MR) is 70.0 cm³/mol. The first-order valence-electron chi connectivity index (χ1n) is 6.14. The van der Waals surface area contributed by atoms with Gasteiger partial charge in [-0.05, 0) is 42.0 Å². The third kappa shape index (κ3) is 2.64. The van der Waals surface area contributed by atoms with E-state index in [0.717, 1.165) is 18.2 Å². The fraction of sp³-hybridized carbons (Fsp3) is 0.267. The van der Waals surface area contributed by atoms with Crippen LogP contribution in [0.4, 0.5) is 5.69 Å². The second kappa shape index (κ2) is 4.58. The van der Waals surface area contributed by atoms with Gasteiger partial charge in [0.05, 0.1) is 5.69 Å². The van der Waals surface area contributed by atoms with Crippen LogP contribution in [0.5, 0.6) is 0 Å². The molecule has 0 spiro atoms. The van der Waals surface area contributed by atoms with Gasteiger partial charge in [0.2, 0.25) is 0 Å². The van der Waals surface area contributed by atoms with Gasteiger partial charge in [0.15, 0.2) is 0 Å². The van der Waals surface area contributed by atoms with Crippen molar-refractivity contribution in [3.8, 4) is 0 Å². The summed E-state index contributed by atoms with van der Waals surface area (Å²) in [7, 11) is 0. The lowest BCUT2D eigenvalue weighted by atomic mass is 10.1. The molecule has 1 aromatic carbocycles. The van der Waals surface area contributed by atoms with Gasteiger partial charge in [-0.25, -0.2) is 0 Å². The molecule has 0 atom stereocenters. The standard InChI is InChI=1S/C15H16N2/c1-3-12(9-14(4-1)13-6-7-13)10-17-15-5-2-8-16-11-15/h1-5,8-9,11,13,17H,6-7,10H2. The number of benzene rings is 1. The fourth-order valence-electron chi connectivity index (χ4n) is 2.05. The maximum Gasteiger partial charge on any atom is 0.0529 e. The number of aromatic nitrogens is 1. The quantitative estimate of drug-likeness (QED) is 0.858. The Morgan fingerprint density at radius 3 is 2.88 bits per heavy atom. The molecule has 2 nitrogen and oxygen atoms in total. The lowest BCUT2D eigenvalue weighted by Gasteiger charge is -2.07. The predicted octanol–water partition coefficient (Wildman–Crippen LogP) is 3.57. The Kier molecular flexibility index (Phi) is 2.78. The lowest BCUT2D eigenvalue weighted by Crippen LogP contribution is -1.99. The zero-order valence-electron chi connectivity index (χ0n) is 9.76. The van der Waals surface area contributed by atoms with Crippen molar-refractivity contribution in [3.63, 3.8) is 0 Å². The highest BCUT2D eigenvalue weighted by atomic mass is 14.9. The first kappa shape index (κ1) is 10.3. The molecule has 0 saturated heterocycles. The molecule has 86 valence electrons. The van der Waals surface area contributed by atoms with Crippen molar-refractivity contribution in [1.82, 2.24) is 4.98 Å². The van der Waals surface area contributed by atoms with Crippen molar-refractivity contribution in [2.75, 3.05) is 5.32 Å². The summed E-state index contributed by atoms with van der Waals surface area (Å²) < 4.78 is 0. The maximum absolute atomic E-state index is 4.09. The number of anilines is 1. The Morgan fingerprint density at radius 2 is 2.12 bits per heavy atom. The van der Waals surface area contributed by atoms with Crippen LogP contribution in [0.25, 0.3) is 0 Å². The summed E-state index contributed by atoms with van der Waals surface area (Å²) in [5, 5.41) is 3.38. The van der Waals surface area contributed by atoms with Gasteiger partial charge in [-0.3, -0.25) is 4.98 Å². The summed E-state index contributed by atoms with van der Waals surface area (Å²) in [5.41, 5.74) is 3.91. The molecule has 1 N–H and O–H groups in total. The SMILES string of the molecule is c1cncc(NCc2cccc(C3CC3)c2)c1. The number of pyridine rings is 1. The Labute approximate surface area is 102 Å². The number of nitrogens with one attached hydrogen (secondary N) is 1. The van der Waals surface area contributed by atoms with Gasteiger partial charge in [-0.1, -0.05) is 24.3 Å². The van der Waals surface area contributed by atoms with E-state index in [9.17, 15) is 0 Å². The van der Waals surface area contributed by atoms with E-state index in [4.69, 9.17) is 0 Å². The molecule has 0 aliphatic heterocycles. The molecular weight excluding hydrogens is 208 g/mol. The zero-order valence-corrected chi connectivity index (χ0v) is 9.76. The Hall–Kier alpha value is -1.83. The van der Waals surface area contributed by atoms with Gasteiger partial charge in [-0.2, -0.15) is 0 Å². The van der Waals surface area contributed by atoms with E-state index in [0.29, 0.717) is 0 Å². The van der Waals surface area contributed by atoms with Gasteiger partial charge in [-0.15, -0.1) is 0 Å². The molecule has 0 unspecified atom stereocenters. The molecule has 3 rings (SSSR count). The summed E-state index contributed by atoms with van der Waals surface area (Å²) in [6.45, 7) is 0.867. The van der Waals surface area contributed by atoms with Crippen molar-refractivity contribution in [1.29, 1.82) is 0 Å². The van der Waals surface area contributed by atoms with Crippen LogP contribution < -0.4 is 5.32 Å². The Balaban J connectivity index is 1.66. The van der Waals surface area contributed by atoms with Crippen molar-refractivity contribution < 1.29 is 0 Å². The molecule has 17 heavy (non-hydrogen) atoms. The molecule has 2 heteroatoms. The summed E-state index contributed by atoms with van der Waals surface area (Å²) in [4.78, 5) is 4.09. The van der Waals surface area contributed by atoms with Crippen LogP contribution in [-0.2, 0) is 6.54 Å². The zero-order chi connectivity index (χ0) is 11.5. The van der Waals surface area contributed by atoms with E-state index < -0.39 is 0 Å². The number of nitrogens with zero attached hydrogens (tertiary/aromatic N) is 1. The Bertz CT molecular complexity index is 489. The molecule has 1 aromatic heterocycles. The van der Waals surface area contributed by atoms with Crippen LogP contribution in [0.1, 0.15) is 29.9 Å². The highest BCUT2D eigenvalue weighted by Crippen LogP contribution is 2.40. The van der Waals surface area contributed by atoms with Crippen LogP contribution in [0, 0.1) is 0 Å². The summed E-state index contributed by atoms with van der Waals surface area (Å²) >= 11 is 0. The highest BCUT2D eigenvalue weighted by Gasteiger charge is 2.23. The maximum atomic E-state index is 4.09. The monoisotopic (exact) mass is 224 g/mol. The largest absolute Gasteiger partial charge is 0.380 e. The van der Waals surface area contributed by atoms with E-state index in [2.05, 4.69) is 34.6 Å². The van der Waals surface area contributed by atoms with Crippen molar-refractivity contribution >= 4 is 5.69 Å². The third-order valence-electron chi connectivity index (χ3n) is 3.16. The normalized spacial score (nSPS) is 14.6. The summed E-state index contributed by atoms with van der Waals surface area (Å²) in [6, 6.07) is 12.9. The number of rotatable bonds is 4. The minimum atomic E-state index is 0.827. The average molecular weight is 224 g/mol.